The van der Waals surface area contributed by atoms with E-state index in [9.17, 15) is 8.42 Å². The van der Waals surface area contributed by atoms with Crippen molar-refractivity contribution in [2.45, 2.75) is 26.5 Å². The van der Waals surface area contributed by atoms with Crippen molar-refractivity contribution in [1.29, 1.82) is 0 Å². The van der Waals surface area contributed by atoms with Gasteiger partial charge >= 0.3 is 0 Å². The average molecular weight is 538 g/mol. The number of nitrogens with two attached hydrogens (primary N) is 1. The summed E-state index contributed by atoms with van der Waals surface area (Å²) in [4.78, 5) is 3.81. The summed E-state index contributed by atoms with van der Waals surface area (Å²) < 4.78 is 27.1. The van der Waals surface area contributed by atoms with Gasteiger partial charge < -0.3 is 10.7 Å². The van der Waals surface area contributed by atoms with Gasteiger partial charge in [-0.05, 0) is 42.3 Å². The Kier molecular flexibility index (Phi) is 7.88. The zero-order valence-electron chi connectivity index (χ0n) is 16.5. The van der Waals surface area contributed by atoms with Crippen LogP contribution >= 0.6 is 40.3 Å². The molecule has 0 radical (unpaired) electrons. The highest BCUT2D eigenvalue weighted by Gasteiger charge is 2.28. The first-order chi connectivity index (χ1) is 14.5. The maximum Gasteiger partial charge on any atom is 0.209 e. The highest BCUT2D eigenvalue weighted by atomic mass is 79.9. The zero-order valence-corrected chi connectivity index (χ0v) is 20.6. The van der Waals surface area contributed by atoms with Gasteiger partial charge in [-0.15, -0.1) is 28.7 Å². The van der Waals surface area contributed by atoms with Crippen LogP contribution < -0.4 is 5.73 Å². The van der Waals surface area contributed by atoms with E-state index >= 15 is 0 Å². The van der Waals surface area contributed by atoms with Gasteiger partial charge in [0.2, 0.25) is 9.84 Å². The van der Waals surface area contributed by atoms with Crippen molar-refractivity contribution in [3.8, 4) is 0 Å². The highest BCUT2D eigenvalue weighted by molar-refractivity contribution is 8.93. The molecule has 1 atom stereocenters. The summed E-state index contributed by atoms with van der Waals surface area (Å²) in [5.41, 5.74) is 8.00. The number of nitrogens with one attached hydrogen (secondary N) is 1. The summed E-state index contributed by atoms with van der Waals surface area (Å²) in [6.45, 7) is 0.426. The van der Waals surface area contributed by atoms with Crippen LogP contribution in [0.15, 0.2) is 93.7 Å². The lowest BCUT2D eigenvalue weighted by Crippen LogP contribution is -2.19. The predicted molar refractivity (Wildman–Crippen MR) is 134 cm³/mol. The van der Waals surface area contributed by atoms with E-state index in [1.807, 2.05) is 42.5 Å². The Bertz CT molecular complexity index is 1260. The minimum Gasteiger partial charge on any atom is -0.349 e. The Morgan fingerprint density at radius 3 is 2.26 bits per heavy atom. The third-order valence-corrected chi connectivity index (χ3v) is 8.34. The second kappa shape index (κ2) is 10.2. The molecule has 0 aliphatic rings. The molecular weight excluding hydrogens is 516 g/mol. The van der Waals surface area contributed by atoms with E-state index in [-0.39, 0.29) is 32.0 Å². The van der Waals surface area contributed by atoms with Crippen molar-refractivity contribution in [1.82, 2.24) is 4.98 Å². The van der Waals surface area contributed by atoms with E-state index in [1.165, 1.54) is 29.5 Å². The fraction of sp³-hybridized carbons (Fsp3) is 0.130. The van der Waals surface area contributed by atoms with Crippen molar-refractivity contribution in [2.24, 2.45) is 5.73 Å². The molecule has 8 heteroatoms. The van der Waals surface area contributed by atoms with Gasteiger partial charge in [0.25, 0.3) is 0 Å². The Hall–Kier alpha value is -1.77. The smallest absolute Gasteiger partial charge is 0.209 e. The predicted octanol–water partition coefficient (Wildman–Crippen LogP) is 5.89. The first-order valence-corrected chi connectivity index (χ1v) is 12.2. The molecule has 0 bridgehead atoms. The molecule has 1 aromatic heterocycles. The number of hydrogen-bond acceptors (Lipinski definition) is 4. The van der Waals surface area contributed by atoms with Crippen LogP contribution in [0.1, 0.15) is 5.56 Å². The molecule has 3 aromatic carbocycles. The Morgan fingerprint density at radius 1 is 0.935 bits per heavy atom. The van der Waals surface area contributed by atoms with Gasteiger partial charge in [-0.3, -0.25) is 0 Å². The maximum absolute atomic E-state index is 13.6. The highest BCUT2D eigenvalue weighted by Crippen LogP contribution is 2.39. The first-order valence-electron chi connectivity index (χ1n) is 9.51. The van der Waals surface area contributed by atoms with Crippen molar-refractivity contribution < 1.29 is 8.42 Å². The average Bonchev–Trinajstić information content (AvgIpc) is 3.13. The van der Waals surface area contributed by atoms with Gasteiger partial charge in [-0.1, -0.05) is 60.1 Å². The number of hydrogen-bond donors (Lipinski definition) is 2. The van der Waals surface area contributed by atoms with Crippen LogP contribution in [0.3, 0.4) is 0 Å². The Morgan fingerprint density at radius 2 is 1.58 bits per heavy atom. The van der Waals surface area contributed by atoms with Crippen molar-refractivity contribution in [3.05, 3.63) is 89.4 Å². The fourth-order valence-electron chi connectivity index (χ4n) is 3.39. The van der Waals surface area contributed by atoms with Crippen LogP contribution in [0.25, 0.3) is 10.9 Å². The maximum atomic E-state index is 13.6. The van der Waals surface area contributed by atoms with Gasteiger partial charge in [-0.25, -0.2) is 8.42 Å². The van der Waals surface area contributed by atoms with Crippen LogP contribution in [-0.2, 0) is 16.3 Å². The molecule has 0 aliphatic carbocycles. The number of H-pyrrole nitrogens is 1. The molecule has 1 heterocycles. The first kappa shape index (κ1) is 23.9. The lowest BCUT2D eigenvalue weighted by atomic mass is 10.1. The summed E-state index contributed by atoms with van der Waals surface area (Å²) in [6.07, 6.45) is 0.748. The van der Waals surface area contributed by atoms with Crippen LogP contribution in [0, 0.1) is 0 Å². The summed E-state index contributed by atoms with van der Waals surface area (Å²) in [5.74, 6) is 0. The molecule has 1 unspecified atom stereocenters. The number of aromatic nitrogens is 1. The van der Waals surface area contributed by atoms with Gasteiger partial charge in [-0.2, -0.15) is 0 Å². The molecule has 0 saturated heterocycles. The molecular formula is C23H22BrClN2O2S2. The monoisotopic (exact) mass is 536 g/mol. The van der Waals surface area contributed by atoms with Crippen molar-refractivity contribution in [3.63, 3.8) is 0 Å². The molecule has 4 nitrogen and oxygen atoms in total. The Balaban J connectivity index is 0.00000272. The normalized spacial score (nSPS) is 12.5. The minimum absolute atomic E-state index is 0. The van der Waals surface area contributed by atoms with E-state index in [0.717, 1.165) is 11.9 Å². The van der Waals surface area contributed by atoms with E-state index in [1.54, 1.807) is 12.1 Å². The van der Waals surface area contributed by atoms with E-state index in [2.05, 4.69) is 17.1 Å². The Labute approximate surface area is 201 Å². The molecule has 162 valence electrons. The molecule has 0 saturated carbocycles. The summed E-state index contributed by atoms with van der Waals surface area (Å²) in [5, 5.41) is 1.80. The van der Waals surface area contributed by atoms with Crippen LogP contribution in [0.2, 0.25) is 5.02 Å². The third-order valence-electron chi connectivity index (χ3n) is 4.87. The van der Waals surface area contributed by atoms with E-state index < -0.39 is 9.84 Å². The topological polar surface area (TPSA) is 76.0 Å². The summed E-state index contributed by atoms with van der Waals surface area (Å²) in [7, 11) is -3.75. The molecule has 31 heavy (non-hydrogen) atoms. The van der Waals surface area contributed by atoms with Crippen molar-refractivity contribution in [2.75, 3.05) is 6.54 Å². The SMILES string of the molecule is Br.NCC(Cc1ccccc1)Sc1[nH]c2ccccc2c1S(=O)(=O)c1ccc(Cl)cc1. The standard InChI is InChI=1S/C23H21ClN2O2S2.BrH/c24-17-10-12-19(13-11-17)30(27,28)22-20-8-4-5-9-21(20)26-23(22)29-18(15-25)14-16-6-2-1-3-7-16;/h1-13,18,26H,14-15,25H2;1H. The van der Waals surface area contributed by atoms with Gasteiger partial charge in [0.1, 0.15) is 4.90 Å². The largest absolute Gasteiger partial charge is 0.349 e. The number of thioether (sulfide) groups is 1. The fourth-order valence-corrected chi connectivity index (χ4v) is 6.57. The number of rotatable bonds is 7. The molecule has 0 aliphatic heterocycles. The minimum atomic E-state index is -3.75. The van der Waals surface area contributed by atoms with Gasteiger partial charge in [0.05, 0.1) is 9.92 Å². The number of halogens is 2. The van der Waals surface area contributed by atoms with Crippen LogP contribution in [-0.4, -0.2) is 25.2 Å². The van der Waals surface area contributed by atoms with E-state index in [0.29, 0.717) is 22.0 Å². The van der Waals surface area contributed by atoms with Crippen molar-refractivity contribution >= 4 is 61.1 Å². The second-order valence-corrected chi connectivity index (χ2v) is 10.6. The van der Waals surface area contributed by atoms with E-state index in [4.69, 9.17) is 17.3 Å². The molecule has 0 spiro atoms. The number of para-hydroxylation sites is 1. The van der Waals surface area contributed by atoms with Crippen LogP contribution in [0.5, 0.6) is 0 Å². The number of aromatic amines is 1. The molecule has 4 rings (SSSR count). The molecule has 0 amide bonds. The number of fused-ring (bicyclic) bond motifs is 1. The lowest BCUT2D eigenvalue weighted by Gasteiger charge is -2.15. The van der Waals surface area contributed by atoms with Gasteiger partial charge in [0, 0.05) is 27.7 Å². The summed E-state index contributed by atoms with van der Waals surface area (Å²) in [6, 6.07) is 23.8. The molecule has 0 fully saturated rings. The third kappa shape index (κ3) is 5.18. The number of sulfone groups is 1. The second-order valence-electron chi connectivity index (χ2n) is 6.95. The number of benzene rings is 3. The van der Waals surface area contributed by atoms with Gasteiger partial charge in [0.15, 0.2) is 0 Å². The molecule has 3 N–H and O–H groups in total. The summed E-state index contributed by atoms with van der Waals surface area (Å²) >= 11 is 7.43. The zero-order chi connectivity index (χ0) is 21.1. The quantitative estimate of drug-likeness (QED) is 0.288. The molecule has 4 aromatic rings. The van der Waals surface area contributed by atoms with Crippen LogP contribution in [0.4, 0.5) is 0 Å². The lowest BCUT2D eigenvalue weighted by molar-refractivity contribution is 0.595.